The van der Waals surface area contributed by atoms with Crippen molar-refractivity contribution in [3.05, 3.63) is 57.9 Å². The van der Waals surface area contributed by atoms with Gasteiger partial charge in [0.2, 0.25) is 0 Å². The fraction of sp³-hybridized carbons (Fsp3) is 0.435. The predicted octanol–water partition coefficient (Wildman–Crippen LogP) is 6.61. The van der Waals surface area contributed by atoms with Crippen LogP contribution in [0.25, 0.3) is 0 Å². The lowest BCUT2D eigenvalue weighted by Gasteiger charge is -2.19. The summed E-state index contributed by atoms with van der Waals surface area (Å²) in [5.41, 5.74) is 1.28. The molecule has 32 heavy (non-hydrogen) atoms. The Morgan fingerprint density at radius 1 is 1.12 bits per heavy atom. The summed E-state index contributed by atoms with van der Waals surface area (Å²) in [7, 11) is 0. The Hall–Kier alpha value is -2.48. The largest absolute Gasteiger partial charge is 0.573 e. The van der Waals surface area contributed by atoms with Gasteiger partial charge in [-0.2, -0.15) is 0 Å². The molecule has 0 aromatic heterocycles. The Labute approximate surface area is 188 Å². The lowest BCUT2D eigenvalue weighted by Crippen LogP contribution is -2.36. The molecule has 1 N–H and O–H groups in total. The van der Waals surface area contributed by atoms with Crippen molar-refractivity contribution in [2.45, 2.75) is 58.5 Å². The van der Waals surface area contributed by atoms with Gasteiger partial charge in [-0.15, -0.1) is 13.2 Å². The average Bonchev–Trinajstić information content (AvgIpc) is 3.49. The Bertz CT molecular complexity index is 990. The minimum Gasteiger partial charge on any atom is -0.489 e. The molecule has 174 valence electrons. The highest BCUT2D eigenvalue weighted by atomic mass is 35.5. The van der Waals surface area contributed by atoms with Gasteiger partial charge in [0.1, 0.15) is 23.9 Å². The van der Waals surface area contributed by atoms with Gasteiger partial charge in [0.05, 0.1) is 5.56 Å². The van der Waals surface area contributed by atoms with Gasteiger partial charge in [-0.05, 0) is 67.0 Å². The number of rotatable bonds is 8. The van der Waals surface area contributed by atoms with Crippen LogP contribution in [0.15, 0.2) is 30.3 Å². The van der Waals surface area contributed by atoms with Gasteiger partial charge in [0.25, 0.3) is 5.91 Å². The monoisotopic (exact) mass is 473 g/mol. The first-order valence-electron chi connectivity index (χ1n) is 10.2. The highest BCUT2D eigenvalue weighted by Crippen LogP contribution is 2.43. The molecule has 0 radical (unpaired) electrons. The normalized spacial score (nSPS) is 14.9. The van der Waals surface area contributed by atoms with Crippen molar-refractivity contribution in [2.75, 3.05) is 0 Å². The molecular weight excluding hydrogens is 450 g/mol. The number of nitrogens with one attached hydrogen (secondary N) is 1. The van der Waals surface area contributed by atoms with E-state index in [1.54, 1.807) is 6.07 Å². The van der Waals surface area contributed by atoms with Crippen LogP contribution in [0, 0.1) is 11.7 Å². The van der Waals surface area contributed by atoms with Crippen molar-refractivity contribution < 1.29 is 31.8 Å². The van der Waals surface area contributed by atoms with E-state index in [-0.39, 0.29) is 40.8 Å². The number of halogens is 5. The van der Waals surface area contributed by atoms with E-state index in [1.807, 2.05) is 20.8 Å². The van der Waals surface area contributed by atoms with Crippen molar-refractivity contribution in [2.24, 2.45) is 5.92 Å². The SMILES string of the molecule is CC(C)C(C)NC(=O)c1cc(C2CC2)c(COc2cc(Cl)cc(OC(F)(F)F)c2)cc1F. The molecule has 2 aromatic carbocycles. The van der Waals surface area contributed by atoms with E-state index in [0.29, 0.717) is 5.56 Å². The molecule has 0 aliphatic heterocycles. The van der Waals surface area contributed by atoms with Crippen molar-refractivity contribution >= 4 is 17.5 Å². The first-order valence-corrected chi connectivity index (χ1v) is 10.6. The fourth-order valence-corrected chi connectivity index (χ4v) is 3.34. The third-order valence-electron chi connectivity index (χ3n) is 5.32. The van der Waals surface area contributed by atoms with Crippen LogP contribution in [-0.2, 0) is 6.61 Å². The van der Waals surface area contributed by atoms with Gasteiger partial charge in [0, 0.05) is 17.1 Å². The molecule has 1 amide bonds. The van der Waals surface area contributed by atoms with Crippen molar-refractivity contribution in [3.63, 3.8) is 0 Å². The van der Waals surface area contributed by atoms with E-state index in [4.69, 9.17) is 16.3 Å². The molecule has 0 spiro atoms. The number of alkyl halides is 3. The summed E-state index contributed by atoms with van der Waals surface area (Å²) >= 11 is 5.87. The smallest absolute Gasteiger partial charge is 0.489 e. The quantitative estimate of drug-likeness (QED) is 0.439. The zero-order valence-electron chi connectivity index (χ0n) is 17.9. The number of ether oxygens (including phenoxy) is 2. The maximum atomic E-state index is 14.8. The number of hydrogen-bond acceptors (Lipinski definition) is 3. The Balaban J connectivity index is 1.80. The Morgan fingerprint density at radius 3 is 2.38 bits per heavy atom. The molecule has 1 atom stereocenters. The number of carbonyl (C=O) groups excluding carboxylic acids is 1. The molecule has 9 heteroatoms. The second-order valence-corrected chi connectivity index (χ2v) is 8.71. The first-order chi connectivity index (χ1) is 14.9. The highest BCUT2D eigenvalue weighted by Gasteiger charge is 2.32. The summed E-state index contributed by atoms with van der Waals surface area (Å²) in [5.74, 6) is -1.25. The first kappa shape index (κ1) is 24.2. The summed E-state index contributed by atoms with van der Waals surface area (Å²) in [6, 6.07) is 6.09. The third-order valence-corrected chi connectivity index (χ3v) is 5.54. The van der Waals surface area contributed by atoms with E-state index in [2.05, 4.69) is 10.1 Å². The summed E-state index contributed by atoms with van der Waals surface area (Å²) < 4.78 is 61.7. The minimum atomic E-state index is -4.87. The van der Waals surface area contributed by atoms with Crippen LogP contribution in [0.4, 0.5) is 17.6 Å². The molecule has 4 nitrogen and oxygen atoms in total. The Morgan fingerprint density at radius 2 is 1.78 bits per heavy atom. The van der Waals surface area contributed by atoms with Gasteiger partial charge in [-0.25, -0.2) is 4.39 Å². The molecule has 0 heterocycles. The Kier molecular flexibility index (Phi) is 7.22. The van der Waals surface area contributed by atoms with Gasteiger partial charge in [0.15, 0.2) is 0 Å². The number of carbonyl (C=O) groups is 1. The maximum Gasteiger partial charge on any atom is 0.573 e. The molecule has 1 saturated carbocycles. The van der Waals surface area contributed by atoms with Gasteiger partial charge < -0.3 is 14.8 Å². The summed E-state index contributed by atoms with van der Waals surface area (Å²) in [6.45, 7) is 5.67. The van der Waals surface area contributed by atoms with Gasteiger partial charge >= 0.3 is 6.36 Å². The van der Waals surface area contributed by atoms with Crippen LogP contribution in [0.5, 0.6) is 11.5 Å². The summed E-state index contributed by atoms with van der Waals surface area (Å²) in [6.07, 6.45) is -3.06. The van der Waals surface area contributed by atoms with Gasteiger partial charge in [-0.1, -0.05) is 25.4 Å². The molecule has 1 aliphatic rings. The lowest BCUT2D eigenvalue weighted by molar-refractivity contribution is -0.274. The standard InChI is InChI=1S/C23H24ClF4NO3/c1-12(2)13(3)29-22(30)20-10-19(14-4-5-14)15(6-21(20)25)11-31-17-7-16(24)8-18(9-17)32-23(26,27)28/h6-10,12-14H,4-5,11H2,1-3H3,(H,29,30). The van der Waals surface area contributed by atoms with Crippen LogP contribution in [0.2, 0.25) is 5.02 Å². The van der Waals surface area contributed by atoms with Crippen LogP contribution in [0.3, 0.4) is 0 Å². The minimum absolute atomic E-state index is 0.00152. The van der Waals surface area contributed by atoms with Crippen LogP contribution >= 0.6 is 11.6 Å². The highest BCUT2D eigenvalue weighted by molar-refractivity contribution is 6.30. The van der Waals surface area contributed by atoms with Crippen molar-refractivity contribution in [1.82, 2.24) is 5.32 Å². The zero-order chi connectivity index (χ0) is 23.6. The molecule has 1 fully saturated rings. The maximum absolute atomic E-state index is 14.8. The van der Waals surface area contributed by atoms with E-state index >= 15 is 0 Å². The second-order valence-electron chi connectivity index (χ2n) is 8.27. The summed E-state index contributed by atoms with van der Waals surface area (Å²) in [5, 5.41) is 2.80. The number of hydrogen-bond donors (Lipinski definition) is 1. The molecule has 0 bridgehead atoms. The zero-order valence-corrected chi connectivity index (χ0v) is 18.6. The average molecular weight is 474 g/mol. The predicted molar refractivity (Wildman–Crippen MR) is 113 cm³/mol. The molecular formula is C23H24ClF4NO3. The van der Waals surface area contributed by atoms with E-state index in [1.165, 1.54) is 12.1 Å². The van der Waals surface area contributed by atoms with E-state index < -0.39 is 23.8 Å². The number of amides is 1. The van der Waals surface area contributed by atoms with E-state index in [0.717, 1.165) is 30.5 Å². The van der Waals surface area contributed by atoms with Crippen LogP contribution in [-0.4, -0.2) is 18.3 Å². The van der Waals surface area contributed by atoms with Crippen LogP contribution in [0.1, 0.15) is 61.0 Å². The third kappa shape index (κ3) is 6.51. The lowest BCUT2D eigenvalue weighted by atomic mass is 9.98. The molecule has 1 unspecified atom stereocenters. The topological polar surface area (TPSA) is 47.6 Å². The fourth-order valence-electron chi connectivity index (χ4n) is 3.13. The van der Waals surface area contributed by atoms with Gasteiger partial charge in [-0.3, -0.25) is 4.79 Å². The molecule has 3 rings (SSSR count). The summed E-state index contributed by atoms with van der Waals surface area (Å²) in [4.78, 5) is 12.6. The molecule has 2 aromatic rings. The number of benzene rings is 2. The van der Waals surface area contributed by atoms with Crippen molar-refractivity contribution in [1.29, 1.82) is 0 Å². The molecule has 0 saturated heterocycles. The van der Waals surface area contributed by atoms with Crippen molar-refractivity contribution in [3.8, 4) is 11.5 Å². The van der Waals surface area contributed by atoms with Crippen LogP contribution < -0.4 is 14.8 Å². The molecule has 1 aliphatic carbocycles. The van der Waals surface area contributed by atoms with E-state index in [9.17, 15) is 22.4 Å². The second kappa shape index (κ2) is 9.57.